The van der Waals surface area contributed by atoms with Gasteiger partial charge in [0.25, 0.3) is 11.8 Å². The Kier molecular flexibility index (Phi) is 11.1. The average Bonchev–Trinajstić information content (AvgIpc) is 3.01. The Bertz CT molecular complexity index is 1660. The van der Waals surface area contributed by atoms with E-state index in [9.17, 15) is 14.4 Å². The minimum absolute atomic E-state index is 0.0252. The first-order chi connectivity index (χ1) is 20.7. The summed E-state index contributed by atoms with van der Waals surface area (Å²) >= 11 is 13.6. The van der Waals surface area contributed by atoms with Crippen molar-refractivity contribution < 1.29 is 23.9 Å². The smallest absolute Gasteiger partial charge is 0.272 e. The third-order valence-electron chi connectivity index (χ3n) is 5.93. The van der Waals surface area contributed by atoms with Crippen molar-refractivity contribution in [3.05, 3.63) is 118 Å². The molecule has 3 amide bonds. The topological polar surface area (TPSA) is 106 Å². The lowest BCUT2D eigenvalue weighted by atomic mass is 10.1. The van der Waals surface area contributed by atoms with Gasteiger partial charge >= 0.3 is 0 Å². The first-order valence-corrected chi connectivity index (χ1v) is 14.6. The summed E-state index contributed by atoms with van der Waals surface area (Å²) in [5.74, 6) is -0.0913. The van der Waals surface area contributed by atoms with Crippen molar-refractivity contribution in [2.45, 2.75) is 4.90 Å². The number of carbonyl (C=O) groups excluding carboxylic acids is 3. The van der Waals surface area contributed by atoms with Crippen molar-refractivity contribution in [1.29, 1.82) is 0 Å². The standard InChI is InChI=1S/C32H27Cl2N3O5S/c1-41-24-13-14-29(42-2)27(18-24)36-30(38)19-43-25-10-6-9-23(17-25)35-32(40)28(15-21-11-12-22(33)16-26(21)34)37-31(39)20-7-4-3-5-8-20/h3-18H,19H2,1-2H3,(H,35,40)(H,36,38)(H,37,39)/b28-15+. The lowest BCUT2D eigenvalue weighted by Gasteiger charge is -2.13. The van der Waals surface area contributed by atoms with Gasteiger partial charge in [0.1, 0.15) is 17.2 Å². The second-order valence-electron chi connectivity index (χ2n) is 8.93. The molecule has 0 saturated heterocycles. The molecule has 0 bridgehead atoms. The van der Waals surface area contributed by atoms with Gasteiger partial charge in [0.05, 0.1) is 25.7 Å². The number of ether oxygens (including phenoxy) is 2. The fourth-order valence-corrected chi connectivity index (χ4v) is 5.04. The van der Waals surface area contributed by atoms with Crippen LogP contribution < -0.4 is 25.4 Å². The van der Waals surface area contributed by atoms with E-state index in [1.54, 1.807) is 84.9 Å². The van der Waals surface area contributed by atoms with Crippen LogP contribution in [0.25, 0.3) is 6.08 Å². The van der Waals surface area contributed by atoms with Gasteiger partial charge in [-0.25, -0.2) is 0 Å². The van der Waals surface area contributed by atoms with Crippen molar-refractivity contribution in [1.82, 2.24) is 5.32 Å². The Labute approximate surface area is 263 Å². The van der Waals surface area contributed by atoms with E-state index in [4.69, 9.17) is 32.7 Å². The molecule has 8 nitrogen and oxygen atoms in total. The van der Waals surface area contributed by atoms with Crippen LogP contribution >= 0.6 is 35.0 Å². The molecule has 0 radical (unpaired) electrons. The maximum Gasteiger partial charge on any atom is 0.272 e. The number of halogens is 2. The van der Waals surface area contributed by atoms with Crippen LogP contribution in [0.1, 0.15) is 15.9 Å². The van der Waals surface area contributed by atoms with Gasteiger partial charge in [-0.1, -0.05) is 53.5 Å². The zero-order valence-corrected chi connectivity index (χ0v) is 25.5. The number of hydrogen-bond donors (Lipinski definition) is 3. The van der Waals surface area contributed by atoms with Crippen LogP contribution in [0, 0.1) is 0 Å². The number of methoxy groups -OCH3 is 2. The van der Waals surface area contributed by atoms with Crippen LogP contribution in [0.4, 0.5) is 11.4 Å². The molecular formula is C32H27Cl2N3O5S. The molecule has 0 atom stereocenters. The van der Waals surface area contributed by atoms with E-state index in [2.05, 4.69) is 16.0 Å². The molecule has 4 aromatic rings. The van der Waals surface area contributed by atoms with Crippen molar-refractivity contribution in [3.63, 3.8) is 0 Å². The molecule has 3 N–H and O–H groups in total. The molecule has 0 aliphatic heterocycles. The Morgan fingerprint density at radius 3 is 2.35 bits per heavy atom. The molecule has 220 valence electrons. The number of benzene rings is 4. The molecule has 0 unspecified atom stereocenters. The van der Waals surface area contributed by atoms with Crippen LogP contribution in [0.5, 0.6) is 11.5 Å². The molecular weight excluding hydrogens is 609 g/mol. The predicted molar refractivity (Wildman–Crippen MR) is 172 cm³/mol. The summed E-state index contributed by atoms with van der Waals surface area (Å²) in [5.41, 5.74) is 1.81. The molecule has 4 rings (SSSR count). The molecule has 0 aliphatic carbocycles. The summed E-state index contributed by atoms with van der Waals surface area (Å²) in [6.45, 7) is 0. The van der Waals surface area contributed by atoms with Crippen molar-refractivity contribution >= 4 is 70.1 Å². The molecule has 0 aromatic heterocycles. The Morgan fingerprint density at radius 2 is 1.63 bits per heavy atom. The number of rotatable bonds is 11. The van der Waals surface area contributed by atoms with E-state index >= 15 is 0 Å². The van der Waals surface area contributed by atoms with Crippen LogP contribution in [0.15, 0.2) is 102 Å². The summed E-state index contributed by atoms with van der Waals surface area (Å²) in [5, 5.41) is 9.07. The van der Waals surface area contributed by atoms with Crippen LogP contribution in [0.2, 0.25) is 10.0 Å². The third-order valence-corrected chi connectivity index (χ3v) is 7.49. The van der Waals surface area contributed by atoms with Gasteiger partial charge in [0.2, 0.25) is 5.91 Å². The van der Waals surface area contributed by atoms with Gasteiger partial charge in [-0.05, 0) is 66.2 Å². The number of thioether (sulfide) groups is 1. The highest BCUT2D eigenvalue weighted by Gasteiger charge is 2.16. The lowest BCUT2D eigenvalue weighted by molar-refractivity contribution is -0.114. The van der Waals surface area contributed by atoms with Crippen molar-refractivity contribution in [3.8, 4) is 11.5 Å². The fraction of sp³-hybridized carbons (Fsp3) is 0.0938. The largest absolute Gasteiger partial charge is 0.497 e. The molecule has 4 aromatic carbocycles. The number of nitrogens with one attached hydrogen (secondary N) is 3. The first-order valence-electron chi connectivity index (χ1n) is 12.8. The Hall–Kier alpha value is -4.44. The van der Waals surface area contributed by atoms with E-state index in [1.165, 1.54) is 32.1 Å². The summed E-state index contributed by atoms with van der Waals surface area (Å²) < 4.78 is 10.5. The molecule has 0 saturated carbocycles. The number of carbonyl (C=O) groups is 3. The average molecular weight is 637 g/mol. The van der Waals surface area contributed by atoms with E-state index in [0.717, 1.165) is 4.90 Å². The molecule has 0 spiro atoms. The fourth-order valence-electron chi connectivity index (χ4n) is 3.83. The second-order valence-corrected chi connectivity index (χ2v) is 10.8. The van der Waals surface area contributed by atoms with E-state index in [0.29, 0.717) is 44.0 Å². The third kappa shape index (κ3) is 9.02. The highest BCUT2D eigenvalue weighted by Crippen LogP contribution is 2.30. The van der Waals surface area contributed by atoms with E-state index in [1.807, 2.05) is 6.07 Å². The molecule has 0 heterocycles. The Balaban J connectivity index is 1.47. The zero-order valence-electron chi connectivity index (χ0n) is 23.2. The second kappa shape index (κ2) is 15.2. The predicted octanol–water partition coefficient (Wildman–Crippen LogP) is 7.15. The summed E-state index contributed by atoms with van der Waals surface area (Å²) in [7, 11) is 3.06. The quantitative estimate of drug-likeness (QED) is 0.119. The Morgan fingerprint density at radius 1 is 0.837 bits per heavy atom. The number of hydrogen-bond acceptors (Lipinski definition) is 6. The van der Waals surface area contributed by atoms with Gasteiger partial charge in [-0.3, -0.25) is 14.4 Å². The normalized spacial score (nSPS) is 10.9. The minimum atomic E-state index is -0.569. The first kappa shape index (κ1) is 31.5. The van der Waals surface area contributed by atoms with Crippen LogP contribution in [-0.2, 0) is 9.59 Å². The van der Waals surface area contributed by atoms with Crippen LogP contribution in [-0.4, -0.2) is 37.7 Å². The molecule has 11 heteroatoms. The summed E-state index contributed by atoms with van der Waals surface area (Å²) in [6, 6.07) is 25.5. The zero-order chi connectivity index (χ0) is 30.8. The molecule has 0 fully saturated rings. The van der Waals surface area contributed by atoms with Gasteiger partial charge in [-0.15, -0.1) is 11.8 Å². The van der Waals surface area contributed by atoms with Crippen molar-refractivity contribution in [2.24, 2.45) is 0 Å². The van der Waals surface area contributed by atoms with E-state index < -0.39 is 11.8 Å². The number of anilines is 2. The van der Waals surface area contributed by atoms with E-state index in [-0.39, 0.29) is 17.4 Å². The SMILES string of the molecule is COc1ccc(OC)c(NC(=O)CSc2cccc(NC(=O)/C(=C\c3ccc(Cl)cc3Cl)NC(=O)c3ccccc3)c2)c1. The number of amides is 3. The molecule has 0 aliphatic rings. The van der Waals surface area contributed by atoms with Gasteiger partial charge in [0.15, 0.2) is 0 Å². The minimum Gasteiger partial charge on any atom is -0.497 e. The molecule has 43 heavy (non-hydrogen) atoms. The van der Waals surface area contributed by atoms with Gasteiger partial charge in [0, 0.05) is 32.3 Å². The monoisotopic (exact) mass is 635 g/mol. The van der Waals surface area contributed by atoms with Gasteiger partial charge < -0.3 is 25.4 Å². The maximum atomic E-state index is 13.4. The van der Waals surface area contributed by atoms with Crippen molar-refractivity contribution in [2.75, 3.05) is 30.6 Å². The highest BCUT2D eigenvalue weighted by atomic mass is 35.5. The maximum absolute atomic E-state index is 13.4. The highest BCUT2D eigenvalue weighted by molar-refractivity contribution is 8.00. The van der Waals surface area contributed by atoms with Gasteiger partial charge in [-0.2, -0.15) is 0 Å². The summed E-state index contributed by atoms with van der Waals surface area (Å²) in [6.07, 6.45) is 1.48. The lowest BCUT2D eigenvalue weighted by Crippen LogP contribution is -2.30. The van der Waals surface area contributed by atoms with Crippen LogP contribution in [0.3, 0.4) is 0 Å². The summed E-state index contributed by atoms with van der Waals surface area (Å²) in [4.78, 5) is 39.7.